The van der Waals surface area contributed by atoms with Crippen molar-refractivity contribution in [3.8, 4) is 0 Å². The third-order valence-electron chi connectivity index (χ3n) is 4.56. The third kappa shape index (κ3) is 1.72. The van der Waals surface area contributed by atoms with E-state index in [1.165, 1.54) is 38.5 Å². The average molecular weight is 210 g/mol. The van der Waals surface area contributed by atoms with Gasteiger partial charge >= 0.3 is 0 Å². The highest BCUT2D eigenvalue weighted by atomic mass is 16.7. The van der Waals surface area contributed by atoms with Crippen LogP contribution >= 0.6 is 0 Å². The van der Waals surface area contributed by atoms with Crippen LogP contribution in [0.25, 0.3) is 0 Å². The lowest BCUT2D eigenvalue weighted by Crippen LogP contribution is -2.52. The van der Waals surface area contributed by atoms with Gasteiger partial charge in [-0.25, -0.2) is 0 Å². The molecule has 15 heavy (non-hydrogen) atoms. The van der Waals surface area contributed by atoms with Gasteiger partial charge in [-0.15, -0.1) is 0 Å². The molecule has 0 radical (unpaired) electrons. The SMILES string of the molecule is C1COC2(CCCC3CCCCC32)OC1. The highest BCUT2D eigenvalue weighted by Crippen LogP contribution is 2.49. The lowest BCUT2D eigenvalue weighted by molar-refractivity contribution is -0.317. The minimum absolute atomic E-state index is 0.151. The Morgan fingerprint density at radius 2 is 1.53 bits per heavy atom. The quantitative estimate of drug-likeness (QED) is 0.611. The second kappa shape index (κ2) is 4.06. The maximum Gasteiger partial charge on any atom is 0.171 e. The molecule has 2 aliphatic carbocycles. The molecule has 2 saturated carbocycles. The monoisotopic (exact) mass is 210 g/mol. The number of ether oxygens (including phenoxy) is 2. The Bertz CT molecular complexity index is 213. The van der Waals surface area contributed by atoms with Crippen molar-refractivity contribution >= 4 is 0 Å². The lowest BCUT2D eigenvalue weighted by atomic mass is 9.67. The Morgan fingerprint density at radius 3 is 2.40 bits per heavy atom. The maximum atomic E-state index is 6.05. The first-order valence-electron chi connectivity index (χ1n) is 6.69. The summed E-state index contributed by atoms with van der Waals surface area (Å²) in [6.45, 7) is 1.84. The molecule has 0 aromatic heterocycles. The molecule has 1 spiro atoms. The van der Waals surface area contributed by atoms with Gasteiger partial charge in [-0.05, 0) is 38.0 Å². The van der Waals surface area contributed by atoms with Crippen molar-refractivity contribution in [1.82, 2.24) is 0 Å². The van der Waals surface area contributed by atoms with Gasteiger partial charge in [0, 0.05) is 12.3 Å². The van der Waals surface area contributed by atoms with E-state index >= 15 is 0 Å². The Hall–Kier alpha value is -0.0800. The molecule has 1 aliphatic heterocycles. The molecule has 2 atom stereocenters. The van der Waals surface area contributed by atoms with E-state index in [-0.39, 0.29) is 5.79 Å². The zero-order valence-electron chi connectivity index (χ0n) is 9.54. The molecule has 1 saturated heterocycles. The molecular formula is C13H22O2. The number of hydrogen-bond acceptors (Lipinski definition) is 2. The molecule has 0 bridgehead atoms. The molecular weight excluding hydrogens is 188 g/mol. The van der Waals surface area contributed by atoms with E-state index in [9.17, 15) is 0 Å². The van der Waals surface area contributed by atoms with E-state index in [4.69, 9.17) is 9.47 Å². The van der Waals surface area contributed by atoms with Crippen molar-refractivity contribution in [2.45, 2.75) is 57.2 Å². The van der Waals surface area contributed by atoms with Gasteiger partial charge in [-0.3, -0.25) is 0 Å². The Kier molecular flexibility index (Phi) is 2.73. The van der Waals surface area contributed by atoms with Crippen LogP contribution in [0.5, 0.6) is 0 Å². The highest BCUT2D eigenvalue weighted by Gasteiger charge is 2.49. The summed E-state index contributed by atoms with van der Waals surface area (Å²) < 4.78 is 12.1. The fourth-order valence-electron chi connectivity index (χ4n) is 3.88. The van der Waals surface area contributed by atoms with Gasteiger partial charge in [0.15, 0.2) is 5.79 Å². The van der Waals surface area contributed by atoms with Gasteiger partial charge in [-0.1, -0.05) is 12.8 Å². The summed E-state index contributed by atoms with van der Waals surface area (Å²) in [5, 5.41) is 0. The largest absolute Gasteiger partial charge is 0.350 e. The summed E-state index contributed by atoms with van der Waals surface area (Å²) in [6, 6.07) is 0. The predicted octanol–water partition coefficient (Wildman–Crippen LogP) is 3.11. The maximum absolute atomic E-state index is 6.05. The lowest BCUT2D eigenvalue weighted by Gasteiger charge is -2.51. The van der Waals surface area contributed by atoms with Crippen LogP contribution in [0.15, 0.2) is 0 Å². The Balaban J connectivity index is 1.79. The molecule has 3 fully saturated rings. The standard InChI is InChI=1S/C13H22O2/c1-2-7-12-11(5-1)6-3-8-13(12)14-9-4-10-15-13/h11-12H,1-10H2. The summed E-state index contributed by atoms with van der Waals surface area (Å²) in [5.41, 5.74) is 0. The minimum Gasteiger partial charge on any atom is -0.350 e. The molecule has 3 rings (SSSR count). The van der Waals surface area contributed by atoms with Crippen molar-refractivity contribution in [1.29, 1.82) is 0 Å². The summed E-state index contributed by atoms with van der Waals surface area (Å²) >= 11 is 0. The van der Waals surface area contributed by atoms with E-state index in [2.05, 4.69) is 0 Å². The van der Waals surface area contributed by atoms with E-state index < -0.39 is 0 Å². The van der Waals surface area contributed by atoms with Gasteiger partial charge in [0.1, 0.15) is 0 Å². The van der Waals surface area contributed by atoms with Gasteiger partial charge in [0.25, 0.3) is 0 Å². The van der Waals surface area contributed by atoms with Gasteiger partial charge < -0.3 is 9.47 Å². The Morgan fingerprint density at radius 1 is 0.800 bits per heavy atom. The van der Waals surface area contributed by atoms with Gasteiger partial charge in [-0.2, -0.15) is 0 Å². The van der Waals surface area contributed by atoms with E-state index in [1.54, 1.807) is 0 Å². The van der Waals surface area contributed by atoms with E-state index in [0.29, 0.717) is 5.92 Å². The molecule has 0 N–H and O–H groups in total. The van der Waals surface area contributed by atoms with Crippen molar-refractivity contribution < 1.29 is 9.47 Å². The molecule has 2 unspecified atom stereocenters. The number of hydrogen-bond donors (Lipinski definition) is 0. The molecule has 3 aliphatic rings. The number of fused-ring (bicyclic) bond motifs is 2. The highest BCUT2D eigenvalue weighted by molar-refractivity contribution is 4.92. The van der Waals surface area contributed by atoms with Crippen molar-refractivity contribution in [2.75, 3.05) is 13.2 Å². The summed E-state index contributed by atoms with van der Waals surface area (Å²) in [7, 11) is 0. The van der Waals surface area contributed by atoms with Gasteiger partial charge in [0.05, 0.1) is 13.2 Å². The summed E-state index contributed by atoms with van der Waals surface area (Å²) in [5.74, 6) is 1.45. The summed E-state index contributed by atoms with van der Waals surface area (Å²) in [6.07, 6.45) is 10.5. The van der Waals surface area contributed by atoms with Crippen LogP contribution in [0.3, 0.4) is 0 Å². The zero-order valence-corrected chi connectivity index (χ0v) is 9.54. The third-order valence-corrected chi connectivity index (χ3v) is 4.56. The van der Waals surface area contributed by atoms with Crippen molar-refractivity contribution in [3.05, 3.63) is 0 Å². The Labute approximate surface area is 92.3 Å². The molecule has 0 aromatic carbocycles. The second-order valence-corrected chi connectivity index (χ2v) is 5.41. The summed E-state index contributed by atoms with van der Waals surface area (Å²) in [4.78, 5) is 0. The van der Waals surface area contributed by atoms with Crippen LogP contribution in [-0.4, -0.2) is 19.0 Å². The van der Waals surface area contributed by atoms with Crippen LogP contribution in [0.4, 0.5) is 0 Å². The van der Waals surface area contributed by atoms with Crippen LogP contribution in [0.2, 0.25) is 0 Å². The first-order valence-corrected chi connectivity index (χ1v) is 6.69. The topological polar surface area (TPSA) is 18.5 Å². The van der Waals surface area contributed by atoms with Gasteiger partial charge in [0.2, 0.25) is 0 Å². The fraction of sp³-hybridized carbons (Fsp3) is 1.00. The van der Waals surface area contributed by atoms with Crippen LogP contribution in [0, 0.1) is 11.8 Å². The van der Waals surface area contributed by atoms with Crippen LogP contribution in [-0.2, 0) is 9.47 Å². The van der Waals surface area contributed by atoms with Crippen molar-refractivity contribution in [3.63, 3.8) is 0 Å². The molecule has 86 valence electrons. The average Bonchev–Trinajstić information content (AvgIpc) is 2.31. The molecule has 1 heterocycles. The van der Waals surface area contributed by atoms with Crippen LogP contribution in [0.1, 0.15) is 51.4 Å². The minimum atomic E-state index is -0.151. The van der Waals surface area contributed by atoms with Crippen molar-refractivity contribution in [2.24, 2.45) is 11.8 Å². The predicted molar refractivity (Wildman–Crippen MR) is 58.6 cm³/mol. The first-order chi connectivity index (χ1) is 7.41. The zero-order chi connectivity index (χ0) is 10.1. The fourth-order valence-corrected chi connectivity index (χ4v) is 3.88. The molecule has 2 nitrogen and oxygen atoms in total. The molecule has 0 amide bonds. The first kappa shape index (κ1) is 10.1. The smallest absolute Gasteiger partial charge is 0.171 e. The van der Waals surface area contributed by atoms with E-state index in [1.807, 2.05) is 0 Å². The molecule has 0 aromatic rings. The molecule has 2 heteroatoms. The second-order valence-electron chi connectivity index (χ2n) is 5.41. The van der Waals surface area contributed by atoms with E-state index in [0.717, 1.165) is 32.0 Å². The normalized spacial score (nSPS) is 40.0. The van der Waals surface area contributed by atoms with Crippen LogP contribution < -0.4 is 0 Å². The number of rotatable bonds is 0.